The Balaban J connectivity index is 2.66. The Kier molecular flexibility index (Phi) is 7.53. The topological polar surface area (TPSA) is 79.2 Å². The molecule has 0 aliphatic rings. The molecule has 2 rings (SSSR count). The molecule has 154 valence electrons. The number of hydrogen-bond acceptors (Lipinski definition) is 5. The van der Waals surface area contributed by atoms with E-state index in [9.17, 15) is 14.8 Å². The van der Waals surface area contributed by atoms with E-state index in [2.05, 4.69) is 10.1 Å². The van der Waals surface area contributed by atoms with Crippen LogP contribution < -0.4 is 4.90 Å². The molecule has 0 aromatic heterocycles. The molecule has 0 saturated carbocycles. The number of carboxylic acid groups (broad SMARTS) is 1. The van der Waals surface area contributed by atoms with Crippen molar-refractivity contribution >= 4 is 35.0 Å². The molecule has 1 N–H and O–H groups in total. The lowest BCUT2D eigenvalue weighted by atomic mass is 10.0. The van der Waals surface area contributed by atoms with Crippen LogP contribution in [0.1, 0.15) is 42.3 Å². The lowest BCUT2D eigenvalue weighted by molar-refractivity contribution is 0.0697. The van der Waals surface area contributed by atoms with E-state index in [0.29, 0.717) is 10.6 Å². The van der Waals surface area contributed by atoms with E-state index in [1.54, 1.807) is 13.2 Å². The van der Waals surface area contributed by atoms with Crippen LogP contribution >= 0.6 is 11.6 Å². The van der Waals surface area contributed by atoms with Crippen LogP contribution in [0.15, 0.2) is 47.3 Å². The predicted molar refractivity (Wildman–Crippen MR) is 117 cm³/mol. The minimum absolute atomic E-state index is 0.0971. The molecule has 1 atom stereocenters. The van der Waals surface area contributed by atoms with Gasteiger partial charge in [0, 0.05) is 23.5 Å². The van der Waals surface area contributed by atoms with Gasteiger partial charge >= 0.3 is 5.97 Å². The molecule has 1 unspecified atom stereocenters. The van der Waals surface area contributed by atoms with Crippen LogP contribution in [-0.4, -0.2) is 24.4 Å². The summed E-state index contributed by atoms with van der Waals surface area (Å²) in [5.74, 6) is -1.10. The van der Waals surface area contributed by atoms with Crippen LogP contribution in [0, 0.1) is 17.7 Å². The van der Waals surface area contributed by atoms with Gasteiger partial charge in [0.1, 0.15) is 11.9 Å². The summed E-state index contributed by atoms with van der Waals surface area (Å²) in [5, 5.41) is 12.8. The highest BCUT2D eigenvalue weighted by atomic mass is 35.5. The normalized spacial score (nSPS) is 12.7. The summed E-state index contributed by atoms with van der Waals surface area (Å²) >= 11 is 6.13. The summed E-state index contributed by atoms with van der Waals surface area (Å²) in [5.41, 5.74) is 3.27. The molecule has 7 heteroatoms. The fourth-order valence-electron chi connectivity index (χ4n) is 3.12. The van der Waals surface area contributed by atoms with E-state index in [1.807, 2.05) is 52.0 Å². The number of allylic oxidation sites excluding steroid dienone is 1. The van der Waals surface area contributed by atoms with Crippen LogP contribution in [0.2, 0.25) is 5.02 Å². The number of nitrogens with zero attached hydrogens (tertiary/aromatic N) is 2. The Labute approximate surface area is 175 Å². The zero-order chi connectivity index (χ0) is 21.7. The van der Waals surface area contributed by atoms with Gasteiger partial charge in [-0.25, -0.2) is 4.79 Å². The Morgan fingerprint density at radius 1 is 1.21 bits per heavy atom. The number of nitroso groups, excluding NO2 is 1. The number of methoxy groups -OCH3 is 1. The fraction of sp³-hybridized carbons (Fsp3) is 0.318. The highest BCUT2D eigenvalue weighted by Gasteiger charge is 2.23. The van der Waals surface area contributed by atoms with E-state index < -0.39 is 5.97 Å². The van der Waals surface area contributed by atoms with Gasteiger partial charge in [-0.3, -0.25) is 0 Å². The van der Waals surface area contributed by atoms with Crippen LogP contribution in [0.5, 0.6) is 0 Å². The lowest BCUT2D eigenvalue weighted by Crippen LogP contribution is -2.36. The Morgan fingerprint density at radius 2 is 1.90 bits per heavy atom. The highest BCUT2D eigenvalue weighted by molar-refractivity contribution is 6.30. The van der Waals surface area contributed by atoms with Crippen molar-refractivity contribution in [3.8, 4) is 0 Å². The first-order valence-corrected chi connectivity index (χ1v) is 9.57. The number of hydrogen-bond donors (Lipinski definition) is 1. The molecule has 6 nitrogen and oxygen atoms in total. The van der Waals surface area contributed by atoms with Crippen molar-refractivity contribution in [2.24, 2.45) is 11.1 Å². The largest absolute Gasteiger partial charge is 0.478 e. The summed E-state index contributed by atoms with van der Waals surface area (Å²) < 4.78 is 5.62. The van der Waals surface area contributed by atoms with Crippen LogP contribution in [0.3, 0.4) is 0 Å². The molecule has 0 fully saturated rings. The second-order valence-corrected chi connectivity index (χ2v) is 7.47. The van der Waals surface area contributed by atoms with Crippen LogP contribution in [0.25, 0.3) is 6.08 Å². The second kappa shape index (κ2) is 9.67. The SMILES string of the molecule is COC(C)N(/C(=C/c1ccc(N=O)c(C(=O)O)c1)C(C)C)c1ccc(Cl)cc1C. The van der Waals surface area contributed by atoms with E-state index >= 15 is 0 Å². The van der Waals surface area contributed by atoms with E-state index in [1.165, 1.54) is 12.1 Å². The highest BCUT2D eigenvalue weighted by Crippen LogP contribution is 2.33. The number of aromatic carboxylic acids is 1. The standard InChI is InChI=1S/C22H25ClN2O4/c1-13(2)21(12-16-6-8-19(24-28)18(11-16)22(26)27)25(15(4)29-5)20-9-7-17(23)10-14(20)3/h6-13,15H,1-5H3,(H,26,27)/b21-12+. The quantitative estimate of drug-likeness (QED) is 0.407. The number of carboxylic acids is 1. The molecule has 0 saturated heterocycles. The van der Waals surface area contributed by atoms with Gasteiger partial charge in [0.05, 0.1) is 5.56 Å². The molecular weight excluding hydrogens is 392 g/mol. The number of carbonyl (C=O) groups is 1. The predicted octanol–water partition coefficient (Wildman–Crippen LogP) is 6.24. The number of aryl methyl sites for hydroxylation is 1. The lowest BCUT2D eigenvalue weighted by Gasteiger charge is -2.35. The van der Waals surface area contributed by atoms with E-state index in [0.717, 1.165) is 16.9 Å². The minimum atomic E-state index is -1.20. The zero-order valence-corrected chi connectivity index (χ0v) is 17.9. The first kappa shape index (κ1) is 22.6. The molecule has 0 aliphatic carbocycles. The smallest absolute Gasteiger partial charge is 0.338 e. The molecule has 29 heavy (non-hydrogen) atoms. The zero-order valence-electron chi connectivity index (χ0n) is 17.1. The summed E-state index contributed by atoms with van der Waals surface area (Å²) in [6.45, 7) is 8.01. The molecule has 2 aromatic carbocycles. The molecule has 0 radical (unpaired) electrons. The number of halogens is 1. The molecule has 0 aliphatic heterocycles. The van der Waals surface area contributed by atoms with E-state index in [-0.39, 0.29) is 23.4 Å². The maximum atomic E-state index is 11.5. The second-order valence-electron chi connectivity index (χ2n) is 7.03. The first-order valence-electron chi connectivity index (χ1n) is 9.20. The monoisotopic (exact) mass is 416 g/mol. The van der Waals surface area contributed by atoms with Gasteiger partial charge in [-0.1, -0.05) is 31.5 Å². The van der Waals surface area contributed by atoms with Crippen molar-refractivity contribution < 1.29 is 14.6 Å². The molecule has 0 bridgehead atoms. The molecule has 0 amide bonds. The van der Waals surface area contributed by atoms with Crippen molar-refractivity contribution in [2.45, 2.75) is 33.9 Å². The van der Waals surface area contributed by atoms with Gasteiger partial charge in [0.25, 0.3) is 0 Å². The molecule has 2 aromatic rings. The molecule has 0 heterocycles. The third kappa shape index (κ3) is 5.22. The van der Waals surface area contributed by atoms with Gasteiger partial charge < -0.3 is 14.7 Å². The van der Waals surface area contributed by atoms with Gasteiger partial charge in [-0.15, -0.1) is 4.91 Å². The number of ether oxygens (including phenoxy) is 1. The van der Waals surface area contributed by atoms with Crippen molar-refractivity contribution in [3.05, 3.63) is 68.7 Å². The summed E-state index contributed by atoms with van der Waals surface area (Å²) in [6.07, 6.45) is 1.62. The van der Waals surface area contributed by atoms with Gasteiger partial charge in [-0.2, -0.15) is 0 Å². The van der Waals surface area contributed by atoms with Crippen molar-refractivity contribution in [2.75, 3.05) is 12.0 Å². The number of anilines is 1. The summed E-state index contributed by atoms with van der Waals surface area (Å²) in [7, 11) is 1.63. The van der Waals surface area contributed by atoms with Crippen LogP contribution in [0.4, 0.5) is 11.4 Å². The van der Waals surface area contributed by atoms with E-state index in [4.69, 9.17) is 16.3 Å². The number of rotatable bonds is 8. The van der Waals surface area contributed by atoms with Crippen molar-refractivity contribution in [1.29, 1.82) is 0 Å². The Morgan fingerprint density at radius 3 is 2.41 bits per heavy atom. The third-order valence-electron chi connectivity index (χ3n) is 4.66. The molecular formula is C22H25ClN2O4. The average molecular weight is 417 g/mol. The number of benzene rings is 2. The Bertz CT molecular complexity index is 940. The first-order chi connectivity index (χ1) is 13.7. The van der Waals surface area contributed by atoms with Crippen molar-refractivity contribution in [3.63, 3.8) is 0 Å². The van der Waals surface area contributed by atoms with Gasteiger partial charge in [-0.05, 0) is 72.5 Å². The maximum absolute atomic E-state index is 11.5. The van der Waals surface area contributed by atoms with Gasteiger partial charge in [0.15, 0.2) is 0 Å². The fourth-order valence-corrected chi connectivity index (χ4v) is 3.35. The maximum Gasteiger partial charge on any atom is 0.338 e. The summed E-state index contributed by atoms with van der Waals surface area (Å²) in [4.78, 5) is 24.4. The summed E-state index contributed by atoms with van der Waals surface area (Å²) in [6, 6.07) is 10.2. The molecule has 0 spiro atoms. The average Bonchev–Trinajstić information content (AvgIpc) is 2.68. The minimum Gasteiger partial charge on any atom is -0.478 e. The van der Waals surface area contributed by atoms with Crippen LogP contribution in [-0.2, 0) is 4.74 Å². The Hall–Kier alpha value is -2.70. The van der Waals surface area contributed by atoms with Crippen molar-refractivity contribution in [1.82, 2.24) is 0 Å². The third-order valence-corrected chi connectivity index (χ3v) is 4.89. The van der Waals surface area contributed by atoms with Gasteiger partial charge in [0.2, 0.25) is 0 Å².